The van der Waals surface area contributed by atoms with E-state index in [1.807, 2.05) is 12.1 Å². The Morgan fingerprint density at radius 1 is 1.05 bits per heavy atom. The zero-order valence-electron chi connectivity index (χ0n) is 12.0. The quantitative estimate of drug-likeness (QED) is 0.651. The minimum absolute atomic E-state index is 0.158. The van der Waals surface area contributed by atoms with Gasteiger partial charge in [0.1, 0.15) is 0 Å². The molecule has 3 heteroatoms. The third-order valence-electron chi connectivity index (χ3n) is 3.25. The second kappa shape index (κ2) is 10.5. The maximum Gasteiger partial charge on any atom is 0.220 e. The molecule has 3 nitrogen and oxygen atoms in total. The van der Waals surface area contributed by atoms with E-state index in [4.69, 9.17) is 0 Å². The van der Waals surface area contributed by atoms with Gasteiger partial charge in [-0.15, -0.1) is 0 Å². The Morgan fingerprint density at radius 2 is 1.68 bits per heavy atom. The predicted octanol–water partition coefficient (Wildman–Crippen LogP) is 3.84. The molecular formula is C16H26N2O. The van der Waals surface area contributed by atoms with Crippen molar-refractivity contribution < 1.29 is 4.79 Å². The standard InChI is InChI=1S/C16H26N2O/c1-2-3-4-5-6-7-8-9-16(19)18-14-15-10-12-17-13-11-15/h10-13H,2-9,14H2,1H3,(H,18,19). The SMILES string of the molecule is CCCCCCCCCC(=O)NCc1ccncc1. The van der Waals surface area contributed by atoms with Gasteiger partial charge in [-0.2, -0.15) is 0 Å². The van der Waals surface area contributed by atoms with Crippen LogP contribution in [0.3, 0.4) is 0 Å². The van der Waals surface area contributed by atoms with Gasteiger partial charge in [-0.3, -0.25) is 9.78 Å². The number of unbranched alkanes of at least 4 members (excludes halogenated alkanes) is 6. The summed E-state index contributed by atoms with van der Waals surface area (Å²) >= 11 is 0. The number of nitrogens with one attached hydrogen (secondary N) is 1. The molecule has 1 N–H and O–H groups in total. The van der Waals surface area contributed by atoms with E-state index >= 15 is 0 Å². The molecule has 0 fully saturated rings. The molecule has 1 aromatic heterocycles. The zero-order valence-corrected chi connectivity index (χ0v) is 12.0. The highest BCUT2D eigenvalue weighted by atomic mass is 16.1. The lowest BCUT2D eigenvalue weighted by Gasteiger charge is -2.05. The van der Waals surface area contributed by atoms with Crippen LogP contribution in [0, 0.1) is 0 Å². The highest BCUT2D eigenvalue weighted by Gasteiger charge is 2.01. The van der Waals surface area contributed by atoms with Crippen LogP contribution in [-0.4, -0.2) is 10.9 Å². The number of amides is 1. The molecule has 0 spiro atoms. The van der Waals surface area contributed by atoms with Crippen LogP contribution in [0.15, 0.2) is 24.5 Å². The first-order valence-electron chi connectivity index (χ1n) is 7.48. The Kier molecular flexibility index (Phi) is 8.69. The average molecular weight is 262 g/mol. The molecule has 0 unspecified atom stereocenters. The number of hydrogen-bond donors (Lipinski definition) is 1. The minimum Gasteiger partial charge on any atom is -0.352 e. The van der Waals surface area contributed by atoms with E-state index in [0.717, 1.165) is 12.0 Å². The van der Waals surface area contributed by atoms with Crippen molar-refractivity contribution in [1.29, 1.82) is 0 Å². The number of pyridine rings is 1. The minimum atomic E-state index is 0.158. The van der Waals surface area contributed by atoms with Crippen LogP contribution in [0.5, 0.6) is 0 Å². The molecular weight excluding hydrogens is 236 g/mol. The van der Waals surface area contributed by atoms with Crippen molar-refractivity contribution in [3.05, 3.63) is 30.1 Å². The topological polar surface area (TPSA) is 42.0 Å². The molecule has 0 aliphatic carbocycles. The van der Waals surface area contributed by atoms with Crippen LogP contribution >= 0.6 is 0 Å². The molecule has 19 heavy (non-hydrogen) atoms. The summed E-state index contributed by atoms with van der Waals surface area (Å²) in [6, 6.07) is 3.85. The molecule has 0 radical (unpaired) electrons. The third kappa shape index (κ3) is 8.36. The van der Waals surface area contributed by atoms with E-state index in [0.29, 0.717) is 13.0 Å². The van der Waals surface area contributed by atoms with Crippen LogP contribution in [-0.2, 0) is 11.3 Å². The zero-order chi connectivity index (χ0) is 13.8. The molecule has 0 bridgehead atoms. The van der Waals surface area contributed by atoms with Crippen molar-refractivity contribution in [3.63, 3.8) is 0 Å². The summed E-state index contributed by atoms with van der Waals surface area (Å²) in [5.41, 5.74) is 1.10. The van der Waals surface area contributed by atoms with Gasteiger partial charge in [0.2, 0.25) is 5.91 Å². The summed E-state index contributed by atoms with van der Waals surface area (Å²) in [6.45, 7) is 2.84. The molecule has 1 aromatic rings. The largest absolute Gasteiger partial charge is 0.352 e. The first-order valence-corrected chi connectivity index (χ1v) is 7.48. The van der Waals surface area contributed by atoms with Crippen LogP contribution in [0.1, 0.15) is 63.9 Å². The lowest BCUT2D eigenvalue weighted by molar-refractivity contribution is -0.121. The number of nitrogens with zero attached hydrogens (tertiary/aromatic N) is 1. The summed E-state index contributed by atoms with van der Waals surface area (Å²) in [7, 11) is 0. The summed E-state index contributed by atoms with van der Waals surface area (Å²) < 4.78 is 0. The Morgan fingerprint density at radius 3 is 2.37 bits per heavy atom. The van der Waals surface area contributed by atoms with Gasteiger partial charge in [0, 0.05) is 25.4 Å². The predicted molar refractivity (Wildman–Crippen MR) is 78.7 cm³/mol. The third-order valence-corrected chi connectivity index (χ3v) is 3.25. The van der Waals surface area contributed by atoms with E-state index in [2.05, 4.69) is 17.2 Å². The van der Waals surface area contributed by atoms with Gasteiger partial charge in [0.25, 0.3) is 0 Å². The Balaban J connectivity index is 1.96. The smallest absolute Gasteiger partial charge is 0.220 e. The summed E-state index contributed by atoms with van der Waals surface area (Å²) in [5.74, 6) is 0.158. The van der Waals surface area contributed by atoms with Crippen molar-refractivity contribution in [2.24, 2.45) is 0 Å². The highest BCUT2D eigenvalue weighted by molar-refractivity contribution is 5.75. The molecule has 0 saturated heterocycles. The number of hydrogen-bond acceptors (Lipinski definition) is 2. The first-order chi connectivity index (χ1) is 9.33. The normalized spacial score (nSPS) is 10.4. The number of aromatic nitrogens is 1. The van der Waals surface area contributed by atoms with Crippen molar-refractivity contribution in [3.8, 4) is 0 Å². The van der Waals surface area contributed by atoms with Crippen LogP contribution in [0.25, 0.3) is 0 Å². The fourth-order valence-electron chi connectivity index (χ4n) is 2.03. The number of carbonyl (C=O) groups is 1. The van der Waals surface area contributed by atoms with Crippen molar-refractivity contribution in [1.82, 2.24) is 10.3 Å². The maximum absolute atomic E-state index is 11.6. The van der Waals surface area contributed by atoms with Crippen molar-refractivity contribution >= 4 is 5.91 Å². The second-order valence-corrected chi connectivity index (χ2v) is 5.00. The van der Waals surface area contributed by atoms with Gasteiger partial charge in [-0.25, -0.2) is 0 Å². The Labute approximate surface area is 116 Å². The second-order valence-electron chi connectivity index (χ2n) is 5.00. The van der Waals surface area contributed by atoms with E-state index in [1.165, 1.54) is 38.5 Å². The summed E-state index contributed by atoms with van der Waals surface area (Å²) in [6.07, 6.45) is 12.9. The van der Waals surface area contributed by atoms with Gasteiger partial charge in [-0.1, -0.05) is 45.4 Å². The number of carbonyl (C=O) groups excluding carboxylic acids is 1. The van der Waals surface area contributed by atoms with Crippen molar-refractivity contribution in [2.75, 3.05) is 0 Å². The molecule has 0 aliphatic heterocycles. The maximum atomic E-state index is 11.6. The lowest BCUT2D eigenvalue weighted by atomic mass is 10.1. The number of rotatable bonds is 10. The molecule has 1 amide bonds. The van der Waals surface area contributed by atoms with E-state index in [-0.39, 0.29) is 5.91 Å². The fourth-order valence-corrected chi connectivity index (χ4v) is 2.03. The monoisotopic (exact) mass is 262 g/mol. The molecule has 0 saturated carbocycles. The van der Waals surface area contributed by atoms with Crippen LogP contribution in [0.4, 0.5) is 0 Å². The Bertz CT molecular complexity index is 338. The molecule has 0 atom stereocenters. The van der Waals surface area contributed by atoms with E-state index in [9.17, 15) is 4.79 Å². The molecule has 0 aliphatic rings. The molecule has 106 valence electrons. The first kappa shape index (κ1) is 15.7. The van der Waals surface area contributed by atoms with Gasteiger partial charge in [-0.05, 0) is 24.1 Å². The van der Waals surface area contributed by atoms with Gasteiger partial charge in [0.05, 0.1) is 0 Å². The van der Waals surface area contributed by atoms with Gasteiger partial charge >= 0.3 is 0 Å². The van der Waals surface area contributed by atoms with Crippen molar-refractivity contribution in [2.45, 2.75) is 64.8 Å². The van der Waals surface area contributed by atoms with Gasteiger partial charge in [0.15, 0.2) is 0 Å². The lowest BCUT2D eigenvalue weighted by Crippen LogP contribution is -2.22. The van der Waals surface area contributed by atoms with Crippen LogP contribution < -0.4 is 5.32 Å². The molecule has 1 heterocycles. The van der Waals surface area contributed by atoms with E-state index < -0.39 is 0 Å². The Hall–Kier alpha value is -1.38. The summed E-state index contributed by atoms with van der Waals surface area (Å²) in [4.78, 5) is 15.6. The van der Waals surface area contributed by atoms with Gasteiger partial charge < -0.3 is 5.32 Å². The van der Waals surface area contributed by atoms with Crippen LogP contribution in [0.2, 0.25) is 0 Å². The summed E-state index contributed by atoms with van der Waals surface area (Å²) in [5, 5.41) is 2.94. The fraction of sp³-hybridized carbons (Fsp3) is 0.625. The molecule has 0 aromatic carbocycles. The highest BCUT2D eigenvalue weighted by Crippen LogP contribution is 2.08. The van der Waals surface area contributed by atoms with E-state index in [1.54, 1.807) is 12.4 Å². The molecule has 1 rings (SSSR count). The average Bonchev–Trinajstić information content (AvgIpc) is 2.45.